The van der Waals surface area contributed by atoms with Crippen molar-refractivity contribution in [2.75, 3.05) is 26.2 Å². The van der Waals surface area contributed by atoms with Crippen LogP contribution in [0.3, 0.4) is 0 Å². The number of nitrogens with zero attached hydrogens (tertiary/aromatic N) is 4. The molecular formula is C19H26N4O. The Morgan fingerprint density at radius 3 is 2.67 bits per heavy atom. The Morgan fingerprint density at radius 2 is 2.08 bits per heavy atom. The molecule has 0 radical (unpaired) electrons. The minimum absolute atomic E-state index is 0.133. The number of carbonyl (C=O) groups excluding carboxylic acids is 1. The highest BCUT2D eigenvalue weighted by Crippen LogP contribution is 2.18. The highest BCUT2D eigenvalue weighted by molar-refractivity contribution is 5.97. The molecule has 5 heteroatoms. The van der Waals surface area contributed by atoms with Gasteiger partial charge in [0, 0.05) is 44.8 Å². The zero-order valence-electron chi connectivity index (χ0n) is 14.6. The zero-order chi connectivity index (χ0) is 17.4. The first-order chi connectivity index (χ1) is 11.6. The fraction of sp³-hybridized carbons (Fsp3) is 0.526. The van der Waals surface area contributed by atoms with Crippen LogP contribution in [0.2, 0.25) is 0 Å². The van der Waals surface area contributed by atoms with Crippen LogP contribution in [-0.4, -0.2) is 46.9 Å². The predicted octanol–water partition coefficient (Wildman–Crippen LogP) is 2.61. The summed E-state index contributed by atoms with van der Waals surface area (Å²) < 4.78 is 0. The van der Waals surface area contributed by atoms with Crippen molar-refractivity contribution in [1.82, 2.24) is 14.8 Å². The fourth-order valence-corrected chi connectivity index (χ4v) is 2.83. The summed E-state index contributed by atoms with van der Waals surface area (Å²) in [6.07, 6.45) is 8.18. The van der Waals surface area contributed by atoms with Gasteiger partial charge in [0.25, 0.3) is 5.91 Å². The third-order valence-electron chi connectivity index (χ3n) is 4.58. The molecule has 5 nitrogen and oxygen atoms in total. The summed E-state index contributed by atoms with van der Waals surface area (Å²) in [7, 11) is 0. The topological polar surface area (TPSA) is 60.2 Å². The first-order valence-corrected chi connectivity index (χ1v) is 8.68. The molecule has 0 unspecified atom stereocenters. The van der Waals surface area contributed by atoms with Crippen molar-refractivity contribution in [1.29, 1.82) is 5.26 Å². The molecule has 1 aromatic heterocycles. The number of pyridine rings is 1. The van der Waals surface area contributed by atoms with E-state index in [1.165, 1.54) is 5.56 Å². The Morgan fingerprint density at radius 1 is 1.42 bits per heavy atom. The number of nitriles is 1. The highest BCUT2D eigenvalue weighted by Gasteiger charge is 2.23. The Labute approximate surface area is 144 Å². The standard InChI is InChI=1S/C19H26N4O/c1-3-22(11-8-17-4-9-21-10-5-17)15-18(14-20)19(24)23-12-6-16(2)7-13-23/h4-5,9-10,15-16H,3,6-8,11-13H2,1-2H3/b18-15-. The molecule has 0 N–H and O–H groups in total. The third-order valence-corrected chi connectivity index (χ3v) is 4.58. The van der Waals surface area contributed by atoms with Gasteiger partial charge < -0.3 is 9.80 Å². The van der Waals surface area contributed by atoms with Gasteiger partial charge in [0.05, 0.1) is 0 Å². The molecule has 0 atom stereocenters. The van der Waals surface area contributed by atoms with Crippen molar-refractivity contribution in [2.45, 2.75) is 33.1 Å². The lowest BCUT2D eigenvalue weighted by Gasteiger charge is -2.30. The summed E-state index contributed by atoms with van der Waals surface area (Å²) in [5, 5.41) is 9.41. The lowest BCUT2D eigenvalue weighted by molar-refractivity contribution is -0.128. The molecule has 0 spiro atoms. The molecule has 1 saturated heterocycles. The molecule has 1 aromatic rings. The van der Waals surface area contributed by atoms with E-state index in [9.17, 15) is 10.1 Å². The van der Waals surface area contributed by atoms with Crippen molar-refractivity contribution in [3.8, 4) is 6.07 Å². The van der Waals surface area contributed by atoms with E-state index in [1.807, 2.05) is 28.9 Å². The Hall–Kier alpha value is -2.35. The van der Waals surface area contributed by atoms with Gasteiger partial charge >= 0.3 is 0 Å². The second kappa shape index (κ2) is 9.07. The monoisotopic (exact) mass is 326 g/mol. The van der Waals surface area contributed by atoms with Gasteiger partial charge in [-0.25, -0.2) is 0 Å². The number of aromatic nitrogens is 1. The second-order valence-electron chi connectivity index (χ2n) is 6.36. The first-order valence-electron chi connectivity index (χ1n) is 8.68. The molecule has 2 heterocycles. The normalized spacial score (nSPS) is 15.9. The van der Waals surface area contributed by atoms with Crippen molar-refractivity contribution in [3.63, 3.8) is 0 Å². The van der Waals surface area contributed by atoms with E-state index in [1.54, 1.807) is 18.6 Å². The number of carbonyl (C=O) groups is 1. The van der Waals surface area contributed by atoms with Crippen molar-refractivity contribution >= 4 is 5.91 Å². The van der Waals surface area contributed by atoms with Gasteiger partial charge in [-0.15, -0.1) is 0 Å². The van der Waals surface area contributed by atoms with Gasteiger partial charge in [-0.2, -0.15) is 5.26 Å². The molecule has 0 aliphatic carbocycles. The van der Waals surface area contributed by atoms with Crippen LogP contribution in [-0.2, 0) is 11.2 Å². The van der Waals surface area contributed by atoms with Crippen LogP contribution in [0.25, 0.3) is 0 Å². The van der Waals surface area contributed by atoms with Gasteiger partial charge in [0.1, 0.15) is 11.6 Å². The molecular weight excluding hydrogens is 300 g/mol. The maximum atomic E-state index is 12.6. The van der Waals surface area contributed by atoms with Crippen LogP contribution in [0.1, 0.15) is 32.3 Å². The maximum Gasteiger partial charge on any atom is 0.266 e. The fourth-order valence-electron chi connectivity index (χ4n) is 2.83. The van der Waals surface area contributed by atoms with Gasteiger partial charge in [0.2, 0.25) is 0 Å². The number of amides is 1. The van der Waals surface area contributed by atoms with Crippen LogP contribution in [0.5, 0.6) is 0 Å². The molecule has 1 aliphatic heterocycles. The molecule has 1 fully saturated rings. The Kier molecular flexibility index (Phi) is 6.80. The number of piperidine rings is 1. The van der Waals surface area contributed by atoms with Crippen molar-refractivity contribution in [2.24, 2.45) is 5.92 Å². The van der Waals surface area contributed by atoms with Crippen LogP contribution < -0.4 is 0 Å². The van der Waals surface area contributed by atoms with E-state index in [0.717, 1.165) is 45.4 Å². The van der Waals surface area contributed by atoms with E-state index in [-0.39, 0.29) is 11.5 Å². The molecule has 128 valence electrons. The summed E-state index contributed by atoms with van der Waals surface area (Å²) in [6, 6.07) is 6.07. The number of likely N-dealkylation sites (N-methyl/N-ethyl adjacent to an activating group) is 1. The largest absolute Gasteiger partial charge is 0.376 e. The molecule has 2 rings (SSSR count). The summed E-state index contributed by atoms with van der Waals surface area (Å²) in [4.78, 5) is 20.4. The Balaban J connectivity index is 1.98. The predicted molar refractivity (Wildman–Crippen MR) is 93.9 cm³/mol. The smallest absolute Gasteiger partial charge is 0.266 e. The average Bonchev–Trinajstić information content (AvgIpc) is 2.63. The number of hydrogen-bond acceptors (Lipinski definition) is 4. The van der Waals surface area contributed by atoms with Crippen LogP contribution in [0, 0.1) is 17.2 Å². The third kappa shape index (κ3) is 5.09. The molecule has 0 aromatic carbocycles. The molecule has 1 amide bonds. The maximum absolute atomic E-state index is 12.6. The van der Waals surface area contributed by atoms with E-state index in [0.29, 0.717) is 5.92 Å². The molecule has 0 saturated carbocycles. The van der Waals surface area contributed by atoms with E-state index in [2.05, 4.69) is 18.0 Å². The lowest BCUT2D eigenvalue weighted by atomic mass is 9.99. The second-order valence-corrected chi connectivity index (χ2v) is 6.36. The molecule has 1 aliphatic rings. The molecule has 0 bridgehead atoms. The van der Waals surface area contributed by atoms with Gasteiger partial charge in [0.15, 0.2) is 0 Å². The lowest BCUT2D eigenvalue weighted by Crippen LogP contribution is -2.39. The van der Waals surface area contributed by atoms with Crippen molar-refractivity contribution < 1.29 is 4.79 Å². The number of hydrogen-bond donors (Lipinski definition) is 0. The van der Waals surface area contributed by atoms with E-state index < -0.39 is 0 Å². The summed E-state index contributed by atoms with van der Waals surface area (Å²) in [5.41, 5.74) is 1.44. The SMILES string of the molecule is CCN(/C=C(/C#N)C(=O)N1CCC(C)CC1)CCc1ccncc1. The van der Waals surface area contributed by atoms with Crippen LogP contribution in [0.15, 0.2) is 36.3 Å². The minimum atomic E-state index is -0.133. The summed E-state index contributed by atoms with van der Waals surface area (Å²) in [6.45, 7) is 7.28. The molecule has 24 heavy (non-hydrogen) atoms. The van der Waals surface area contributed by atoms with E-state index in [4.69, 9.17) is 0 Å². The zero-order valence-corrected chi connectivity index (χ0v) is 14.6. The van der Waals surface area contributed by atoms with Crippen LogP contribution in [0.4, 0.5) is 0 Å². The summed E-state index contributed by atoms with van der Waals surface area (Å²) >= 11 is 0. The minimum Gasteiger partial charge on any atom is -0.376 e. The highest BCUT2D eigenvalue weighted by atomic mass is 16.2. The quantitative estimate of drug-likeness (QED) is 0.595. The van der Waals surface area contributed by atoms with Crippen LogP contribution >= 0.6 is 0 Å². The van der Waals surface area contributed by atoms with Gasteiger partial charge in [-0.05, 0) is 49.8 Å². The first kappa shape index (κ1) is 18.0. The average molecular weight is 326 g/mol. The number of likely N-dealkylation sites (tertiary alicyclic amines) is 1. The number of rotatable bonds is 6. The van der Waals surface area contributed by atoms with Gasteiger partial charge in [-0.1, -0.05) is 6.92 Å². The Bertz CT molecular complexity index is 598. The summed E-state index contributed by atoms with van der Waals surface area (Å²) in [5.74, 6) is 0.530. The van der Waals surface area contributed by atoms with E-state index >= 15 is 0 Å². The van der Waals surface area contributed by atoms with Crippen molar-refractivity contribution in [3.05, 3.63) is 41.9 Å². The van der Waals surface area contributed by atoms with Gasteiger partial charge in [-0.3, -0.25) is 9.78 Å².